The largest absolute Gasteiger partial charge is 0.492 e. The predicted molar refractivity (Wildman–Crippen MR) is 128 cm³/mol. The molecule has 1 aromatic heterocycles. The van der Waals surface area contributed by atoms with E-state index >= 15 is 0 Å². The monoisotopic (exact) mass is 583 g/mol. The molecule has 1 heterocycles. The Morgan fingerprint density at radius 3 is 2.52 bits per heavy atom. The average molecular weight is 586 g/mol. The first-order valence-corrected chi connectivity index (χ1v) is 11.7. The molecule has 152 valence electrons. The van der Waals surface area contributed by atoms with E-state index in [1.807, 2.05) is 31.2 Å². The first kappa shape index (κ1) is 22.2. The van der Waals surface area contributed by atoms with Gasteiger partial charge in [0.15, 0.2) is 0 Å². The highest BCUT2D eigenvalue weighted by molar-refractivity contribution is 9.11. The second kappa shape index (κ2) is 10.00. The van der Waals surface area contributed by atoms with Crippen LogP contribution < -0.4 is 10.3 Å². The van der Waals surface area contributed by atoms with E-state index in [-0.39, 0.29) is 5.56 Å². The molecule has 0 aliphatic carbocycles. The topological polar surface area (TPSA) is 56.5 Å². The molecule has 8 heteroatoms. The zero-order valence-corrected chi connectivity index (χ0v) is 20.8. The highest BCUT2D eigenvalue weighted by Gasteiger charge is 2.12. The van der Waals surface area contributed by atoms with E-state index < -0.39 is 0 Å². The molecule has 0 spiro atoms. The molecule has 3 aromatic rings. The average Bonchev–Trinajstić information content (AvgIpc) is 2.69. The number of hydrogen-bond acceptors (Lipinski definition) is 4. The van der Waals surface area contributed by atoms with Gasteiger partial charge in [0.2, 0.25) is 0 Å². The molecule has 0 aliphatic rings. The van der Waals surface area contributed by atoms with Crippen LogP contribution in [0, 0.1) is 0 Å². The van der Waals surface area contributed by atoms with Gasteiger partial charge in [0.1, 0.15) is 11.6 Å². The van der Waals surface area contributed by atoms with Crippen LogP contribution >= 0.6 is 47.8 Å². The molecule has 0 bridgehead atoms. The fraction of sp³-hybridized carbons (Fsp3) is 0.286. The van der Waals surface area contributed by atoms with Crippen LogP contribution in [0.4, 0.5) is 0 Å². The highest BCUT2D eigenvalue weighted by atomic mass is 79.9. The van der Waals surface area contributed by atoms with Crippen molar-refractivity contribution < 1.29 is 4.74 Å². The van der Waals surface area contributed by atoms with Crippen LogP contribution in [0.15, 0.2) is 53.6 Å². The van der Waals surface area contributed by atoms with Crippen molar-refractivity contribution in [3.8, 4) is 5.75 Å². The third-order valence-electron chi connectivity index (χ3n) is 4.26. The van der Waals surface area contributed by atoms with Gasteiger partial charge >= 0.3 is 0 Å². The molecule has 0 amide bonds. The summed E-state index contributed by atoms with van der Waals surface area (Å²) < 4.78 is 9.49. The lowest BCUT2D eigenvalue weighted by Crippen LogP contribution is -2.22. The number of halogens is 3. The SMILES string of the molecule is CCCCc1nc2ccc(Br)cc2c(=O)n1N=Cc1cc(Br)c(OCC)c(Br)c1. The van der Waals surface area contributed by atoms with E-state index in [9.17, 15) is 4.79 Å². The minimum atomic E-state index is -0.178. The van der Waals surface area contributed by atoms with Gasteiger partial charge < -0.3 is 4.74 Å². The predicted octanol–water partition coefficient (Wildman–Crippen LogP) is 6.31. The molecular formula is C21H20Br3N3O2. The van der Waals surface area contributed by atoms with Crippen LogP contribution in [-0.4, -0.2) is 22.5 Å². The zero-order chi connectivity index (χ0) is 21.0. The summed E-state index contributed by atoms with van der Waals surface area (Å²) in [5.74, 6) is 1.40. The molecule has 3 rings (SSSR count). The summed E-state index contributed by atoms with van der Waals surface area (Å²) in [5, 5.41) is 5.02. The Bertz CT molecular complexity index is 1100. The summed E-state index contributed by atoms with van der Waals surface area (Å²) in [6.45, 7) is 4.61. The number of aryl methyl sites for hydroxylation is 1. The molecule has 0 atom stereocenters. The van der Waals surface area contributed by atoms with E-state index in [4.69, 9.17) is 9.72 Å². The van der Waals surface area contributed by atoms with E-state index in [0.717, 1.165) is 37.6 Å². The van der Waals surface area contributed by atoms with Gasteiger partial charge in [-0.1, -0.05) is 29.3 Å². The second-order valence-corrected chi connectivity index (χ2v) is 9.03. The molecular weight excluding hydrogens is 566 g/mol. The van der Waals surface area contributed by atoms with Gasteiger partial charge in [0, 0.05) is 10.9 Å². The van der Waals surface area contributed by atoms with Crippen molar-refractivity contribution in [1.29, 1.82) is 0 Å². The first-order chi connectivity index (χ1) is 13.9. The Labute approximate surface area is 194 Å². The van der Waals surface area contributed by atoms with E-state index in [1.165, 1.54) is 4.68 Å². The molecule has 0 aliphatic heterocycles. The number of fused-ring (bicyclic) bond motifs is 1. The fourth-order valence-corrected chi connectivity index (χ4v) is 4.68. The van der Waals surface area contributed by atoms with E-state index in [1.54, 1.807) is 12.3 Å². The Kier molecular flexibility index (Phi) is 7.65. The number of benzene rings is 2. The number of unbranched alkanes of at least 4 members (excludes halogenated alkanes) is 1. The Balaban J connectivity index is 2.08. The number of ether oxygens (including phenoxy) is 1. The quantitative estimate of drug-likeness (QED) is 0.306. The molecule has 0 fully saturated rings. The maximum Gasteiger partial charge on any atom is 0.282 e. The fourth-order valence-electron chi connectivity index (χ4n) is 2.87. The van der Waals surface area contributed by atoms with Crippen molar-refractivity contribution in [1.82, 2.24) is 9.66 Å². The molecule has 2 aromatic carbocycles. The van der Waals surface area contributed by atoms with Gasteiger partial charge in [-0.3, -0.25) is 4.79 Å². The first-order valence-electron chi connectivity index (χ1n) is 9.32. The van der Waals surface area contributed by atoms with Crippen molar-refractivity contribution >= 4 is 64.9 Å². The summed E-state index contributed by atoms with van der Waals surface area (Å²) in [7, 11) is 0. The van der Waals surface area contributed by atoms with Gasteiger partial charge in [-0.15, -0.1) is 0 Å². The van der Waals surface area contributed by atoms with Crippen molar-refractivity contribution in [2.24, 2.45) is 5.10 Å². The summed E-state index contributed by atoms with van der Waals surface area (Å²) in [6.07, 6.45) is 4.29. The van der Waals surface area contributed by atoms with Crippen LogP contribution in [0.5, 0.6) is 5.75 Å². The van der Waals surface area contributed by atoms with Crippen molar-refractivity contribution in [3.05, 3.63) is 65.5 Å². The van der Waals surface area contributed by atoms with Gasteiger partial charge in [-0.05, 0) is 81.1 Å². The third kappa shape index (κ3) is 5.16. The van der Waals surface area contributed by atoms with Crippen molar-refractivity contribution in [2.45, 2.75) is 33.1 Å². The number of hydrogen-bond donors (Lipinski definition) is 0. The minimum absolute atomic E-state index is 0.178. The Morgan fingerprint density at radius 2 is 1.86 bits per heavy atom. The smallest absolute Gasteiger partial charge is 0.282 e. The van der Waals surface area contributed by atoms with Crippen LogP contribution in [0.2, 0.25) is 0 Å². The summed E-state index contributed by atoms with van der Waals surface area (Å²) >= 11 is 10.5. The molecule has 5 nitrogen and oxygen atoms in total. The maximum atomic E-state index is 13.1. The molecule has 0 saturated heterocycles. The lowest BCUT2D eigenvalue weighted by atomic mass is 10.2. The molecule has 0 saturated carbocycles. The van der Waals surface area contributed by atoms with Crippen LogP contribution in [0.25, 0.3) is 10.9 Å². The van der Waals surface area contributed by atoms with Gasteiger partial charge in [0.05, 0.1) is 32.7 Å². The van der Waals surface area contributed by atoms with Crippen LogP contribution in [0.1, 0.15) is 38.1 Å². The lowest BCUT2D eigenvalue weighted by molar-refractivity contribution is 0.336. The molecule has 0 N–H and O–H groups in total. The van der Waals surface area contributed by atoms with Gasteiger partial charge in [0.25, 0.3) is 5.56 Å². The minimum Gasteiger partial charge on any atom is -0.492 e. The van der Waals surface area contributed by atoms with E-state index in [0.29, 0.717) is 29.8 Å². The molecule has 29 heavy (non-hydrogen) atoms. The van der Waals surface area contributed by atoms with Crippen LogP contribution in [0.3, 0.4) is 0 Å². The highest BCUT2D eigenvalue weighted by Crippen LogP contribution is 2.34. The molecule has 0 unspecified atom stereocenters. The lowest BCUT2D eigenvalue weighted by Gasteiger charge is -2.10. The zero-order valence-electron chi connectivity index (χ0n) is 16.1. The Morgan fingerprint density at radius 1 is 1.14 bits per heavy atom. The summed E-state index contributed by atoms with van der Waals surface area (Å²) in [6, 6.07) is 9.33. The standard InChI is InChI=1S/C21H20Br3N3O2/c1-3-5-6-19-26-18-8-7-14(22)11-15(18)21(28)27(19)25-12-13-9-16(23)20(29-4-2)17(24)10-13/h7-12H,3-6H2,1-2H3. The Hall–Kier alpha value is -1.51. The van der Waals surface area contributed by atoms with Gasteiger partial charge in [-0.25, -0.2) is 4.98 Å². The van der Waals surface area contributed by atoms with Crippen molar-refractivity contribution in [3.63, 3.8) is 0 Å². The number of aromatic nitrogens is 2. The van der Waals surface area contributed by atoms with Gasteiger partial charge in [-0.2, -0.15) is 9.78 Å². The number of rotatable bonds is 7. The summed E-state index contributed by atoms with van der Waals surface area (Å²) in [5.41, 5.74) is 1.33. The maximum absolute atomic E-state index is 13.1. The van der Waals surface area contributed by atoms with Crippen molar-refractivity contribution in [2.75, 3.05) is 6.61 Å². The van der Waals surface area contributed by atoms with Crippen LogP contribution in [-0.2, 0) is 6.42 Å². The van der Waals surface area contributed by atoms with E-state index in [2.05, 4.69) is 59.8 Å². The molecule has 0 radical (unpaired) electrons. The normalized spacial score (nSPS) is 11.5. The summed E-state index contributed by atoms with van der Waals surface area (Å²) in [4.78, 5) is 17.8. The third-order valence-corrected chi connectivity index (χ3v) is 5.93. The number of nitrogens with zero attached hydrogens (tertiary/aromatic N) is 3. The second-order valence-electron chi connectivity index (χ2n) is 6.40.